The van der Waals surface area contributed by atoms with Gasteiger partial charge in [-0.1, -0.05) is 135 Å². The first-order valence-corrected chi connectivity index (χ1v) is 12.1. The van der Waals surface area contributed by atoms with Gasteiger partial charge in [0, 0.05) is 0 Å². The van der Waals surface area contributed by atoms with Crippen molar-refractivity contribution in [2.24, 2.45) is 11.8 Å². The third-order valence-electron chi connectivity index (χ3n) is 6.81. The third-order valence-corrected chi connectivity index (χ3v) is 6.81. The molecule has 0 bridgehead atoms. The van der Waals surface area contributed by atoms with Crippen LogP contribution in [0, 0.1) is 24.7 Å². The zero-order valence-corrected chi connectivity index (χ0v) is 17.2. The van der Waals surface area contributed by atoms with Crippen molar-refractivity contribution in [1.29, 1.82) is 0 Å². The second-order valence-corrected chi connectivity index (χ2v) is 9.09. The molecular weight excluding hydrogens is 300 g/mol. The highest BCUT2D eigenvalue weighted by atomic mass is 14.2. The van der Waals surface area contributed by atoms with Crippen LogP contribution >= 0.6 is 0 Å². The van der Waals surface area contributed by atoms with Gasteiger partial charge in [-0.25, -0.2) is 0 Å². The molecule has 2 aliphatic carbocycles. The molecule has 0 aliphatic heterocycles. The van der Waals surface area contributed by atoms with E-state index in [1.807, 2.05) is 0 Å². The van der Waals surface area contributed by atoms with Gasteiger partial charge in [-0.2, -0.15) is 0 Å². The molecule has 2 rings (SSSR count). The minimum atomic E-state index is 1.05. The molecule has 0 aromatic carbocycles. The van der Waals surface area contributed by atoms with E-state index in [1.165, 1.54) is 135 Å². The Morgan fingerprint density at radius 2 is 0.800 bits per heavy atom. The van der Waals surface area contributed by atoms with Crippen LogP contribution < -0.4 is 0 Å². The summed E-state index contributed by atoms with van der Waals surface area (Å²) in [6.45, 7) is 0. The number of rotatable bonds is 4. The predicted molar refractivity (Wildman–Crippen MR) is 113 cm³/mol. The standard InChI is InChI=1S/C25H46/c1-2-6-10-14-19-24(18-13-9-5-1)22-17-23-25-20-15-11-7-3-4-8-12-16-21-25/h1,3,24-25H,2,4-23H2. The first-order valence-electron chi connectivity index (χ1n) is 12.1. The molecule has 2 atom stereocenters. The minimum absolute atomic E-state index is 1.05. The average Bonchev–Trinajstić information content (AvgIpc) is 2.72. The summed E-state index contributed by atoms with van der Waals surface area (Å²) in [5, 5.41) is 0. The smallest absolute Gasteiger partial charge is 0.0386 e. The van der Waals surface area contributed by atoms with Crippen LogP contribution in [0.25, 0.3) is 0 Å². The van der Waals surface area contributed by atoms with Gasteiger partial charge in [0.2, 0.25) is 0 Å². The van der Waals surface area contributed by atoms with Gasteiger partial charge in [-0.3, -0.25) is 0 Å². The fraction of sp³-hybridized carbons (Fsp3) is 0.920. The topological polar surface area (TPSA) is 0 Å². The first-order chi connectivity index (χ1) is 12.4. The Labute approximate surface area is 159 Å². The van der Waals surface area contributed by atoms with Crippen LogP contribution in [0.15, 0.2) is 0 Å². The summed E-state index contributed by atoms with van der Waals surface area (Å²) in [6.07, 6.45) is 36.1. The zero-order chi connectivity index (χ0) is 17.4. The van der Waals surface area contributed by atoms with Gasteiger partial charge in [-0.15, -0.1) is 0 Å². The molecule has 2 unspecified atom stereocenters. The van der Waals surface area contributed by atoms with Crippen molar-refractivity contribution < 1.29 is 0 Å². The van der Waals surface area contributed by atoms with Crippen LogP contribution in [0.4, 0.5) is 0 Å². The highest BCUT2D eigenvalue weighted by molar-refractivity contribution is 4.71. The Balaban J connectivity index is 1.64. The van der Waals surface area contributed by atoms with Crippen molar-refractivity contribution >= 4 is 0 Å². The lowest BCUT2D eigenvalue weighted by Gasteiger charge is -2.20. The molecule has 0 heteroatoms. The Kier molecular flexibility index (Phi) is 12.9. The second-order valence-electron chi connectivity index (χ2n) is 9.09. The van der Waals surface area contributed by atoms with Gasteiger partial charge in [0.05, 0.1) is 0 Å². The molecule has 0 N–H and O–H groups in total. The van der Waals surface area contributed by atoms with E-state index in [2.05, 4.69) is 12.8 Å². The zero-order valence-electron chi connectivity index (χ0n) is 17.2. The lowest BCUT2D eigenvalue weighted by atomic mass is 9.86. The minimum Gasteiger partial charge on any atom is -0.0533 e. The molecule has 0 nitrogen and oxygen atoms in total. The fourth-order valence-electron chi connectivity index (χ4n) is 5.09. The van der Waals surface area contributed by atoms with Gasteiger partial charge in [-0.05, 0) is 24.7 Å². The monoisotopic (exact) mass is 346 g/mol. The highest BCUT2D eigenvalue weighted by Crippen LogP contribution is 2.29. The lowest BCUT2D eigenvalue weighted by Crippen LogP contribution is -2.05. The summed E-state index contributed by atoms with van der Waals surface area (Å²) in [5.74, 6) is 2.10. The summed E-state index contributed by atoms with van der Waals surface area (Å²) in [5.41, 5.74) is 0. The molecular formula is C25H46. The third kappa shape index (κ3) is 11.3. The van der Waals surface area contributed by atoms with Gasteiger partial charge in [0.1, 0.15) is 0 Å². The molecule has 0 spiro atoms. The SMILES string of the molecule is [CH]1CCCCCC(CCCC2CCCC[CH]CCCCC2)CCCC1. The van der Waals surface area contributed by atoms with E-state index < -0.39 is 0 Å². The van der Waals surface area contributed by atoms with Crippen LogP contribution in [0.5, 0.6) is 0 Å². The van der Waals surface area contributed by atoms with Crippen molar-refractivity contribution in [2.45, 2.75) is 135 Å². The Bertz CT molecular complexity index is 230. The summed E-state index contributed by atoms with van der Waals surface area (Å²) in [7, 11) is 0. The Morgan fingerprint density at radius 3 is 1.24 bits per heavy atom. The quantitative estimate of drug-likeness (QED) is 0.477. The molecule has 146 valence electrons. The molecule has 25 heavy (non-hydrogen) atoms. The summed E-state index contributed by atoms with van der Waals surface area (Å²) >= 11 is 0. The molecule has 2 fully saturated rings. The molecule has 0 aromatic rings. The molecule has 2 saturated carbocycles. The molecule has 0 heterocycles. The molecule has 0 aromatic heterocycles. The number of hydrogen-bond acceptors (Lipinski definition) is 0. The molecule has 0 amide bonds. The van der Waals surface area contributed by atoms with Crippen LogP contribution in [0.1, 0.15) is 135 Å². The van der Waals surface area contributed by atoms with E-state index in [9.17, 15) is 0 Å². The van der Waals surface area contributed by atoms with E-state index in [-0.39, 0.29) is 0 Å². The van der Waals surface area contributed by atoms with Gasteiger partial charge >= 0.3 is 0 Å². The van der Waals surface area contributed by atoms with Gasteiger partial charge in [0.15, 0.2) is 0 Å². The molecule has 2 aliphatic rings. The maximum Gasteiger partial charge on any atom is -0.0386 e. The van der Waals surface area contributed by atoms with E-state index in [0.717, 1.165) is 11.8 Å². The van der Waals surface area contributed by atoms with E-state index >= 15 is 0 Å². The predicted octanol–water partition coefficient (Wildman–Crippen LogP) is 8.85. The molecule has 2 radical (unpaired) electrons. The van der Waals surface area contributed by atoms with E-state index in [0.29, 0.717) is 0 Å². The van der Waals surface area contributed by atoms with E-state index in [4.69, 9.17) is 0 Å². The number of hydrogen-bond donors (Lipinski definition) is 0. The van der Waals surface area contributed by atoms with Gasteiger partial charge in [0.25, 0.3) is 0 Å². The van der Waals surface area contributed by atoms with Gasteiger partial charge < -0.3 is 0 Å². The summed E-state index contributed by atoms with van der Waals surface area (Å²) in [6, 6.07) is 0. The Hall–Kier alpha value is 0. The largest absolute Gasteiger partial charge is 0.0533 e. The maximum atomic E-state index is 2.56. The first kappa shape index (κ1) is 21.3. The lowest BCUT2D eigenvalue weighted by molar-refractivity contribution is 0.331. The second kappa shape index (κ2) is 15.1. The van der Waals surface area contributed by atoms with Crippen molar-refractivity contribution in [3.8, 4) is 0 Å². The van der Waals surface area contributed by atoms with Crippen LogP contribution in [-0.4, -0.2) is 0 Å². The van der Waals surface area contributed by atoms with E-state index in [1.54, 1.807) is 0 Å². The summed E-state index contributed by atoms with van der Waals surface area (Å²) < 4.78 is 0. The highest BCUT2D eigenvalue weighted by Gasteiger charge is 2.13. The Morgan fingerprint density at radius 1 is 0.440 bits per heavy atom. The fourth-order valence-corrected chi connectivity index (χ4v) is 5.09. The van der Waals surface area contributed by atoms with Crippen molar-refractivity contribution in [2.75, 3.05) is 0 Å². The van der Waals surface area contributed by atoms with Crippen LogP contribution in [0.2, 0.25) is 0 Å². The maximum absolute atomic E-state index is 2.56. The van der Waals surface area contributed by atoms with Crippen LogP contribution in [-0.2, 0) is 0 Å². The molecule has 0 saturated heterocycles. The van der Waals surface area contributed by atoms with Crippen molar-refractivity contribution in [3.05, 3.63) is 12.8 Å². The normalized spacial score (nSPS) is 25.0. The summed E-state index contributed by atoms with van der Waals surface area (Å²) in [4.78, 5) is 0. The average molecular weight is 347 g/mol. The van der Waals surface area contributed by atoms with Crippen molar-refractivity contribution in [3.63, 3.8) is 0 Å². The van der Waals surface area contributed by atoms with Crippen LogP contribution in [0.3, 0.4) is 0 Å². The van der Waals surface area contributed by atoms with Crippen molar-refractivity contribution in [1.82, 2.24) is 0 Å².